The van der Waals surface area contributed by atoms with E-state index in [1.807, 2.05) is 27.8 Å². The summed E-state index contributed by atoms with van der Waals surface area (Å²) in [5.74, 6) is 1.04. The number of hydrogen-bond acceptors (Lipinski definition) is 3. The zero-order valence-electron chi connectivity index (χ0n) is 18.4. The zero-order valence-corrected chi connectivity index (χ0v) is 18.4. The molecule has 1 heterocycles. The fourth-order valence-corrected chi connectivity index (χ4v) is 2.50. The van der Waals surface area contributed by atoms with Gasteiger partial charge in [0, 0.05) is 24.1 Å². The maximum Gasteiger partial charge on any atom is 0.129 e. The number of pyridine rings is 1. The van der Waals surface area contributed by atoms with Gasteiger partial charge >= 0.3 is 0 Å². The lowest BCUT2D eigenvalue weighted by Crippen LogP contribution is -2.00. The van der Waals surface area contributed by atoms with Crippen LogP contribution in [0.3, 0.4) is 0 Å². The average Bonchev–Trinajstić information content (AvgIpc) is 2.70. The molecule has 2 rings (SSSR count). The van der Waals surface area contributed by atoms with Crippen LogP contribution in [0, 0.1) is 0 Å². The predicted octanol–water partition coefficient (Wildman–Crippen LogP) is 6.86. The van der Waals surface area contributed by atoms with Gasteiger partial charge in [0.2, 0.25) is 0 Å². The van der Waals surface area contributed by atoms with E-state index in [1.165, 1.54) is 16.8 Å². The first-order valence-electron chi connectivity index (χ1n) is 10.2. The second-order valence-corrected chi connectivity index (χ2v) is 6.12. The molecule has 0 unspecified atom stereocenters. The molecule has 0 saturated heterocycles. The van der Waals surface area contributed by atoms with E-state index in [1.54, 1.807) is 0 Å². The van der Waals surface area contributed by atoms with Crippen LogP contribution in [0.15, 0.2) is 48.7 Å². The lowest BCUT2D eigenvalue weighted by atomic mass is 10.1. The van der Waals surface area contributed by atoms with Crippen LogP contribution >= 0.6 is 0 Å². The summed E-state index contributed by atoms with van der Waals surface area (Å²) < 4.78 is 0. The lowest BCUT2D eigenvalue weighted by Gasteiger charge is -2.07. The van der Waals surface area contributed by atoms with Gasteiger partial charge < -0.3 is 10.6 Å². The fraction of sp³-hybridized carbons (Fsp3) is 0.458. The summed E-state index contributed by atoms with van der Waals surface area (Å²) >= 11 is 0. The molecule has 27 heavy (non-hydrogen) atoms. The molecule has 2 N–H and O–H groups in total. The number of hydrogen-bond donors (Lipinski definition) is 2. The Labute approximate surface area is 167 Å². The minimum Gasteiger partial charge on any atom is -0.373 e. The summed E-state index contributed by atoms with van der Waals surface area (Å²) in [6.07, 6.45) is 4.35. The van der Waals surface area contributed by atoms with Crippen molar-refractivity contribution < 1.29 is 0 Å². The van der Waals surface area contributed by atoms with E-state index in [-0.39, 0.29) is 0 Å². The van der Waals surface area contributed by atoms with Crippen LogP contribution in [0.4, 0.5) is 11.5 Å². The Kier molecular flexibility index (Phi) is 13.6. The molecule has 3 heteroatoms. The Bertz CT molecular complexity index is 645. The predicted molar refractivity (Wildman–Crippen MR) is 123 cm³/mol. The molecule has 0 aliphatic heterocycles. The molecule has 2 aromatic rings. The van der Waals surface area contributed by atoms with Crippen molar-refractivity contribution in [2.75, 3.05) is 17.7 Å². The van der Waals surface area contributed by atoms with Gasteiger partial charge in [0.25, 0.3) is 0 Å². The highest BCUT2D eigenvalue weighted by atomic mass is 15.0. The van der Waals surface area contributed by atoms with Crippen molar-refractivity contribution in [3.05, 3.63) is 65.5 Å². The van der Waals surface area contributed by atoms with Gasteiger partial charge in [-0.1, -0.05) is 65.8 Å². The van der Waals surface area contributed by atoms with E-state index < -0.39 is 0 Å². The van der Waals surface area contributed by atoms with Gasteiger partial charge in [-0.25, -0.2) is 4.98 Å². The van der Waals surface area contributed by atoms with E-state index in [0.717, 1.165) is 42.9 Å². The van der Waals surface area contributed by atoms with Gasteiger partial charge in [0.05, 0.1) is 0 Å². The first-order valence-corrected chi connectivity index (χ1v) is 10.2. The monoisotopic (exact) mass is 369 g/mol. The number of nitrogens with zero attached hydrogens (tertiary/aromatic N) is 1. The highest BCUT2D eigenvalue weighted by Crippen LogP contribution is 2.14. The summed E-state index contributed by atoms with van der Waals surface area (Å²) in [4.78, 5) is 4.54. The van der Waals surface area contributed by atoms with E-state index in [0.29, 0.717) is 0 Å². The second kappa shape index (κ2) is 14.8. The van der Waals surface area contributed by atoms with Crippen molar-refractivity contribution in [2.45, 2.75) is 67.2 Å². The smallest absolute Gasteiger partial charge is 0.129 e. The van der Waals surface area contributed by atoms with Crippen LogP contribution in [-0.2, 0) is 19.3 Å². The molecule has 1 aromatic carbocycles. The number of nitrogens with one attached hydrogen (secondary N) is 2. The van der Waals surface area contributed by atoms with Crippen LogP contribution in [0.1, 0.15) is 64.8 Å². The SMILES string of the molecule is C=C(C)Nc1ccc(CC)cc1.CC.CCCc1ccc(CC)c(NC)n1. The van der Waals surface area contributed by atoms with Gasteiger partial charge in [-0.15, -0.1) is 0 Å². The molecule has 1 aromatic heterocycles. The lowest BCUT2D eigenvalue weighted by molar-refractivity contribution is 0.879. The standard InChI is InChI=1S/C11H18N2.C11H15N.C2H6/c1-4-6-10-8-7-9(5-2)11(12-3)13-10;1-4-10-5-7-11(8-6-10)12-9(2)3;1-2/h7-8H,4-6H2,1-3H3,(H,12,13);5-8,12H,2,4H2,1,3H3;1-2H3. The van der Waals surface area contributed by atoms with Crippen molar-refractivity contribution >= 4 is 11.5 Å². The largest absolute Gasteiger partial charge is 0.373 e. The topological polar surface area (TPSA) is 37.0 Å². The third-order valence-corrected chi connectivity index (χ3v) is 3.88. The summed E-state index contributed by atoms with van der Waals surface area (Å²) in [5, 5.41) is 6.30. The number of aryl methyl sites for hydroxylation is 3. The minimum absolute atomic E-state index is 0.972. The molecule has 0 aliphatic rings. The highest BCUT2D eigenvalue weighted by molar-refractivity contribution is 5.48. The molecule has 0 bridgehead atoms. The summed E-state index contributed by atoms with van der Waals surface area (Å²) in [5.41, 5.74) is 5.92. The van der Waals surface area contributed by atoms with Crippen LogP contribution in [0.2, 0.25) is 0 Å². The molecule has 150 valence electrons. The van der Waals surface area contributed by atoms with Crippen molar-refractivity contribution in [2.24, 2.45) is 0 Å². The van der Waals surface area contributed by atoms with Crippen molar-refractivity contribution in [1.82, 2.24) is 4.98 Å². The van der Waals surface area contributed by atoms with Crippen LogP contribution in [0.5, 0.6) is 0 Å². The Balaban J connectivity index is 0.000000460. The maximum absolute atomic E-state index is 4.54. The number of aromatic nitrogens is 1. The molecule has 0 aliphatic carbocycles. The minimum atomic E-state index is 0.972. The molecular formula is C24H39N3. The van der Waals surface area contributed by atoms with Gasteiger partial charge in [-0.05, 0) is 55.5 Å². The second-order valence-electron chi connectivity index (χ2n) is 6.12. The van der Waals surface area contributed by atoms with E-state index >= 15 is 0 Å². The fourth-order valence-electron chi connectivity index (χ4n) is 2.50. The van der Waals surface area contributed by atoms with Crippen LogP contribution in [0.25, 0.3) is 0 Å². The highest BCUT2D eigenvalue weighted by Gasteiger charge is 2.01. The van der Waals surface area contributed by atoms with E-state index in [9.17, 15) is 0 Å². The van der Waals surface area contributed by atoms with Crippen molar-refractivity contribution in [1.29, 1.82) is 0 Å². The summed E-state index contributed by atoms with van der Waals surface area (Å²) in [7, 11) is 1.93. The van der Waals surface area contributed by atoms with Gasteiger partial charge in [0.15, 0.2) is 0 Å². The summed E-state index contributed by atoms with van der Waals surface area (Å²) in [6, 6.07) is 12.7. The number of anilines is 2. The first-order chi connectivity index (χ1) is 13.0. The Morgan fingerprint density at radius 1 is 0.963 bits per heavy atom. The van der Waals surface area contributed by atoms with Gasteiger partial charge in [-0.3, -0.25) is 0 Å². The van der Waals surface area contributed by atoms with Crippen LogP contribution in [-0.4, -0.2) is 12.0 Å². The molecular weight excluding hydrogens is 330 g/mol. The Hall–Kier alpha value is -2.29. The third kappa shape index (κ3) is 9.83. The van der Waals surface area contributed by atoms with Gasteiger partial charge in [0.1, 0.15) is 5.82 Å². The third-order valence-electron chi connectivity index (χ3n) is 3.88. The molecule has 0 radical (unpaired) electrons. The Morgan fingerprint density at radius 3 is 2.04 bits per heavy atom. The molecule has 3 nitrogen and oxygen atoms in total. The van der Waals surface area contributed by atoms with Crippen molar-refractivity contribution in [3.63, 3.8) is 0 Å². The van der Waals surface area contributed by atoms with Crippen LogP contribution < -0.4 is 10.6 Å². The summed E-state index contributed by atoms with van der Waals surface area (Å²) in [6.45, 7) is 16.2. The molecule has 0 saturated carbocycles. The number of allylic oxidation sites excluding steroid dienone is 1. The maximum atomic E-state index is 4.54. The average molecular weight is 370 g/mol. The number of rotatable bonds is 7. The quantitative estimate of drug-likeness (QED) is 0.560. The first kappa shape index (κ1) is 24.7. The number of benzene rings is 1. The molecule has 0 atom stereocenters. The normalized spacial score (nSPS) is 9.30. The van der Waals surface area contributed by atoms with Crippen molar-refractivity contribution in [3.8, 4) is 0 Å². The Morgan fingerprint density at radius 2 is 1.59 bits per heavy atom. The van der Waals surface area contributed by atoms with Gasteiger partial charge in [-0.2, -0.15) is 0 Å². The zero-order chi connectivity index (χ0) is 20.7. The van der Waals surface area contributed by atoms with E-state index in [4.69, 9.17) is 0 Å². The molecule has 0 fully saturated rings. The van der Waals surface area contributed by atoms with E-state index in [2.05, 4.69) is 79.4 Å². The molecule has 0 amide bonds. The molecule has 0 spiro atoms.